The van der Waals surface area contributed by atoms with Crippen molar-refractivity contribution in [2.24, 2.45) is 4.99 Å². The Balaban J connectivity index is 1.72. The Morgan fingerprint density at radius 2 is 1.43 bits per heavy atom. The molecule has 9 N–H and O–H groups in total. The standard InChI is InChI=1S/C20H23N3O12/c24-3-9-11(26)13(28)15(34-9)5-1-7(19(32)22-17(5)30)21-8-2-6(18(31)23-20(8)33)16-14(29)12(27)10(4-25)35-16/h1-2,9-16,24-29H,3-4H2,(H,22,30,32)(H2,23,31,33)/t9-,10-,11-,12-,13-,14-,15+,16+/m0/s1. The van der Waals surface area contributed by atoms with Crippen molar-refractivity contribution in [2.75, 3.05) is 13.2 Å². The topological polar surface area (TPSA) is 251 Å². The number of imide groups is 1. The summed E-state index contributed by atoms with van der Waals surface area (Å²) < 4.78 is 10.7. The minimum absolute atomic E-state index is 0.202. The Hall–Kier alpha value is -3.02. The molecule has 35 heavy (non-hydrogen) atoms. The van der Waals surface area contributed by atoms with Crippen LogP contribution in [0.25, 0.3) is 0 Å². The smallest absolute Gasteiger partial charge is 0.276 e. The van der Waals surface area contributed by atoms with Gasteiger partial charge in [0.2, 0.25) is 0 Å². The minimum atomic E-state index is -1.60. The summed E-state index contributed by atoms with van der Waals surface area (Å²) in [6.45, 7) is -1.27. The van der Waals surface area contributed by atoms with E-state index >= 15 is 0 Å². The largest absolute Gasteiger partial charge is 0.494 e. The number of rotatable bonds is 5. The summed E-state index contributed by atoms with van der Waals surface area (Å²) in [7, 11) is 0. The third-order valence-electron chi connectivity index (χ3n) is 5.98. The summed E-state index contributed by atoms with van der Waals surface area (Å²) >= 11 is 0. The van der Waals surface area contributed by atoms with Crippen molar-refractivity contribution in [3.8, 4) is 5.88 Å². The molecule has 190 valence electrons. The highest BCUT2D eigenvalue weighted by molar-refractivity contribution is 6.49. The van der Waals surface area contributed by atoms with Crippen molar-refractivity contribution in [1.82, 2.24) is 10.3 Å². The highest BCUT2D eigenvalue weighted by Gasteiger charge is 2.47. The van der Waals surface area contributed by atoms with E-state index in [9.17, 15) is 50.1 Å². The van der Waals surface area contributed by atoms with Crippen LogP contribution < -0.4 is 10.9 Å². The number of carbonyl (C=O) groups is 2. The van der Waals surface area contributed by atoms with E-state index < -0.39 is 96.7 Å². The summed E-state index contributed by atoms with van der Waals surface area (Å²) in [5, 5.41) is 71.0. The molecule has 15 nitrogen and oxygen atoms in total. The number of aliphatic hydroxyl groups excluding tert-OH is 6. The number of amides is 2. The molecular weight excluding hydrogens is 474 g/mol. The molecule has 3 aliphatic heterocycles. The quantitative estimate of drug-likeness (QED) is 0.174. The molecule has 2 saturated heterocycles. The lowest BCUT2D eigenvalue weighted by molar-refractivity contribution is -0.126. The number of hydrogen-bond donors (Lipinski definition) is 9. The maximum absolute atomic E-state index is 12.4. The summed E-state index contributed by atoms with van der Waals surface area (Å²) in [6, 6.07) is 0.991. The van der Waals surface area contributed by atoms with Crippen molar-refractivity contribution < 1.29 is 54.8 Å². The molecule has 3 aliphatic rings. The van der Waals surface area contributed by atoms with Gasteiger partial charge in [-0.2, -0.15) is 0 Å². The van der Waals surface area contributed by atoms with Crippen LogP contribution in [0, 0.1) is 0 Å². The van der Waals surface area contributed by atoms with E-state index in [0.717, 1.165) is 12.1 Å². The molecule has 2 amide bonds. The minimum Gasteiger partial charge on any atom is -0.494 e. The molecule has 0 aliphatic carbocycles. The Morgan fingerprint density at radius 1 is 0.857 bits per heavy atom. The van der Waals surface area contributed by atoms with Gasteiger partial charge in [0, 0.05) is 5.56 Å². The Labute approximate surface area is 195 Å². The zero-order chi connectivity index (χ0) is 25.6. The molecule has 0 aromatic carbocycles. The molecular formula is C20H23N3O12. The zero-order valence-corrected chi connectivity index (χ0v) is 17.8. The van der Waals surface area contributed by atoms with Gasteiger partial charge in [-0.05, 0) is 12.1 Å². The summed E-state index contributed by atoms with van der Waals surface area (Å²) in [5.74, 6) is -2.66. The van der Waals surface area contributed by atoms with Crippen molar-refractivity contribution in [1.29, 1.82) is 0 Å². The Kier molecular flexibility index (Phi) is 6.85. The number of hydrogen-bond acceptors (Lipinski definition) is 13. The number of aliphatic imine (C=N–C) groups is 1. The third-order valence-corrected chi connectivity index (χ3v) is 5.98. The fraction of sp³-hybridized carbons (Fsp3) is 0.500. The van der Waals surface area contributed by atoms with Gasteiger partial charge in [-0.15, -0.1) is 0 Å². The van der Waals surface area contributed by atoms with Gasteiger partial charge in [0.1, 0.15) is 60.2 Å². The van der Waals surface area contributed by atoms with E-state index in [-0.39, 0.29) is 11.1 Å². The van der Waals surface area contributed by atoms with Gasteiger partial charge in [0.05, 0.1) is 18.8 Å². The molecule has 1 aromatic rings. The molecule has 0 radical (unpaired) electrons. The lowest BCUT2D eigenvalue weighted by Crippen LogP contribution is -2.46. The highest BCUT2D eigenvalue weighted by atomic mass is 16.6. The fourth-order valence-corrected chi connectivity index (χ4v) is 4.08. The first-order chi connectivity index (χ1) is 16.6. The number of pyridine rings is 1. The molecule has 0 saturated carbocycles. The van der Waals surface area contributed by atoms with E-state index in [1.165, 1.54) is 0 Å². The normalized spacial score (nSPS) is 36.5. The second kappa shape index (κ2) is 9.56. The number of aromatic amines is 1. The molecule has 2 fully saturated rings. The van der Waals surface area contributed by atoms with Crippen molar-refractivity contribution in [3.63, 3.8) is 0 Å². The number of carbonyl (C=O) groups excluding carboxylic acids is 2. The van der Waals surface area contributed by atoms with E-state index in [4.69, 9.17) is 9.47 Å². The van der Waals surface area contributed by atoms with Crippen molar-refractivity contribution >= 4 is 23.2 Å². The lowest BCUT2D eigenvalue weighted by Gasteiger charge is -2.21. The van der Waals surface area contributed by atoms with E-state index in [0.29, 0.717) is 0 Å². The lowest BCUT2D eigenvalue weighted by atomic mass is 9.97. The molecule has 4 rings (SSSR count). The van der Waals surface area contributed by atoms with Crippen LogP contribution in [0.15, 0.2) is 27.5 Å². The van der Waals surface area contributed by atoms with E-state index in [2.05, 4.69) is 9.98 Å². The molecule has 4 heterocycles. The molecule has 0 spiro atoms. The second-order valence-electron chi connectivity index (χ2n) is 8.19. The third kappa shape index (κ3) is 4.39. The summed E-state index contributed by atoms with van der Waals surface area (Å²) in [6.07, 6.45) is -10.3. The van der Waals surface area contributed by atoms with Gasteiger partial charge in [-0.25, -0.2) is 4.99 Å². The monoisotopic (exact) mass is 497 g/mol. The van der Waals surface area contributed by atoms with Crippen LogP contribution in [0.1, 0.15) is 11.7 Å². The van der Waals surface area contributed by atoms with Gasteiger partial charge in [-0.3, -0.25) is 24.7 Å². The van der Waals surface area contributed by atoms with Crippen LogP contribution in [-0.4, -0.2) is 114 Å². The number of nitrogens with zero attached hydrogens (tertiary/aromatic N) is 1. The Bertz CT molecular complexity index is 1150. The van der Waals surface area contributed by atoms with Crippen molar-refractivity contribution in [3.05, 3.63) is 33.6 Å². The number of nitrogens with one attached hydrogen (secondary N) is 2. The van der Waals surface area contributed by atoms with Gasteiger partial charge >= 0.3 is 0 Å². The van der Waals surface area contributed by atoms with Gasteiger partial charge < -0.3 is 45.2 Å². The first-order valence-electron chi connectivity index (χ1n) is 10.4. The predicted molar refractivity (Wildman–Crippen MR) is 112 cm³/mol. The van der Waals surface area contributed by atoms with Gasteiger partial charge in [0.25, 0.3) is 17.4 Å². The molecule has 0 bridgehead atoms. The van der Waals surface area contributed by atoms with E-state index in [1.807, 2.05) is 5.32 Å². The SMILES string of the molecule is O=C1NC(=O)C(=Nc2cc([C@H]3O[C@@H](CO)[C@H](O)[C@@H]3O)c(O)[nH]c2=O)C=C1[C@H]1O[C@@H](CO)[C@H](O)[C@@H]1O. The maximum atomic E-state index is 12.4. The van der Waals surface area contributed by atoms with Crippen LogP contribution >= 0.6 is 0 Å². The number of ether oxygens (including phenoxy) is 2. The van der Waals surface area contributed by atoms with Crippen LogP contribution in [0.4, 0.5) is 5.69 Å². The van der Waals surface area contributed by atoms with Crippen LogP contribution in [0.2, 0.25) is 0 Å². The second-order valence-corrected chi connectivity index (χ2v) is 8.19. The van der Waals surface area contributed by atoms with E-state index in [1.54, 1.807) is 0 Å². The average molecular weight is 497 g/mol. The van der Waals surface area contributed by atoms with Crippen LogP contribution in [-0.2, 0) is 19.1 Å². The molecule has 15 heteroatoms. The van der Waals surface area contributed by atoms with Gasteiger partial charge in [-0.1, -0.05) is 0 Å². The molecule has 0 unspecified atom stereocenters. The maximum Gasteiger partial charge on any atom is 0.276 e. The fourth-order valence-electron chi connectivity index (χ4n) is 4.08. The first-order valence-corrected chi connectivity index (χ1v) is 10.4. The van der Waals surface area contributed by atoms with Crippen LogP contribution in [0.3, 0.4) is 0 Å². The first kappa shape index (κ1) is 25.1. The predicted octanol–water partition coefficient (Wildman–Crippen LogP) is -4.63. The van der Waals surface area contributed by atoms with Crippen molar-refractivity contribution in [2.45, 2.75) is 48.8 Å². The molecule has 8 atom stereocenters. The van der Waals surface area contributed by atoms with Gasteiger partial charge in [0.15, 0.2) is 5.88 Å². The number of H-pyrrole nitrogens is 1. The summed E-state index contributed by atoms with van der Waals surface area (Å²) in [5.41, 5.74) is -2.39. The number of aromatic hydroxyl groups is 1. The average Bonchev–Trinajstić information content (AvgIpc) is 3.27. The highest BCUT2D eigenvalue weighted by Crippen LogP contribution is 2.37. The number of aromatic nitrogens is 1. The number of aliphatic hydroxyl groups is 6. The molecule has 1 aromatic heterocycles. The zero-order valence-electron chi connectivity index (χ0n) is 17.8. The van der Waals surface area contributed by atoms with Crippen LogP contribution in [0.5, 0.6) is 5.88 Å². The Morgan fingerprint density at radius 3 is 2.00 bits per heavy atom. The summed E-state index contributed by atoms with van der Waals surface area (Å²) in [4.78, 5) is 43.0.